The first-order chi connectivity index (χ1) is 6.27. The van der Waals surface area contributed by atoms with Gasteiger partial charge in [-0.2, -0.15) is 5.10 Å². The minimum absolute atomic E-state index is 0.647. The van der Waals surface area contributed by atoms with Crippen LogP contribution in [-0.2, 0) is 0 Å². The number of aromatic nitrogens is 3. The Hall–Kier alpha value is -1.35. The van der Waals surface area contributed by atoms with Crippen LogP contribution >= 0.6 is 11.6 Å². The van der Waals surface area contributed by atoms with Crippen LogP contribution in [0, 0.1) is 6.92 Å². The molecule has 2 heterocycles. The van der Waals surface area contributed by atoms with Gasteiger partial charge in [-0.3, -0.25) is 0 Å². The molecule has 0 spiro atoms. The van der Waals surface area contributed by atoms with Crippen LogP contribution in [0.15, 0.2) is 30.7 Å². The van der Waals surface area contributed by atoms with Gasteiger partial charge in [0, 0.05) is 18.6 Å². The van der Waals surface area contributed by atoms with Crippen molar-refractivity contribution in [3.8, 4) is 5.82 Å². The average molecular weight is 194 g/mol. The Labute approximate surface area is 81.0 Å². The highest BCUT2D eigenvalue weighted by Gasteiger charge is 2.02. The summed E-state index contributed by atoms with van der Waals surface area (Å²) in [6.07, 6.45) is 5.19. The zero-order chi connectivity index (χ0) is 9.26. The van der Waals surface area contributed by atoms with Gasteiger partial charge in [0.2, 0.25) is 0 Å². The average Bonchev–Trinajstić information content (AvgIpc) is 2.56. The van der Waals surface area contributed by atoms with Gasteiger partial charge >= 0.3 is 0 Å². The summed E-state index contributed by atoms with van der Waals surface area (Å²) < 4.78 is 1.71. The zero-order valence-corrected chi connectivity index (χ0v) is 7.86. The third-order valence-electron chi connectivity index (χ3n) is 1.74. The zero-order valence-electron chi connectivity index (χ0n) is 7.11. The topological polar surface area (TPSA) is 30.7 Å². The second kappa shape index (κ2) is 3.18. The first-order valence-electron chi connectivity index (χ1n) is 3.89. The molecule has 3 nitrogen and oxygen atoms in total. The van der Waals surface area contributed by atoms with Gasteiger partial charge in [0.15, 0.2) is 5.82 Å². The van der Waals surface area contributed by atoms with Crippen molar-refractivity contribution in [1.82, 2.24) is 14.8 Å². The van der Waals surface area contributed by atoms with Crippen LogP contribution in [0.2, 0.25) is 5.02 Å². The van der Waals surface area contributed by atoms with Crippen LogP contribution in [0.25, 0.3) is 5.82 Å². The van der Waals surface area contributed by atoms with E-state index in [1.54, 1.807) is 17.1 Å². The maximum absolute atomic E-state index is 5.79. The Kier molecular flexibility index (Phi) is 2.02. The Morgan fingerprint density at radius 3 is 2.92 bits per heavy atom. The summed E-state index contributed by atoms with van der Waals surface area (Å²) in [7, 11) is 0. The van der Waals surface area contributed by atoms with Crippen LogP contribution in [-0.4, -0.2) is 14.8 Å². The summed E-state index contributed by atoms with van der Waals surface area (Å²) in [4.78, 5) is 4.19. The smallest absolute Gasteiger partial charge is 0.156 e. The Morgan fingerprint density at radius 1 is 1.46 bits per heavy atom. The lowest BCUT2D eigenvalue weighted by molar-refractivity contribution is 0.838. The van der Waals surface area contributed by atoms with Gasteiger partial charge in [0.25, 0.3) is 0 Å². The van der Waals surface area contributed by atoms with E-state index in [1.807, 2.05) is 25.3 Å². The van der Waals surface area contributed by atoms with Crippen molar-refractivity contribution in [2.45, 2.75) is 6.92 Å². The van der Waals surface area contributed by atoms with E-state index in [9.17, 15) is 0 Å². The number of rotatable bonds is 1. The monoisotopic (exact) mass is 193 g/mol. The standard InChI is InChI=1S/C9H8ClN3/c1-7-5-8(10)6-11-9(7)13-4-2-3-12-13/h2-6H,1H3. The van der Waals surface area contributed by atoms with Crippen molar-refractivity contribution >= 4 is 11.6 Å². The van der Waals surface area contributed by atoms with E-state index in [4.69, 9.17) is 11.6 Å². The fraction of sp³-hybridized carbons (Fsp3) is 0.111. The van der Waals surface area contributed by atoms with Crippen molar-refractivity contribution < 1.29 is 0 Å². The molecule has 0 aliphatic rings. The van der Waals surface area contributed by atoms with E-state index in [2.05, 4.69) is 10.1 Å². The lowest BCUT2D eigenvalue weighted by Gasteiger charge is -2.03. The first kappa shape index (κ1) is 8.26. The van der Waals surface area contributed by atoms with Gasteiger partial charge in [0.1, 0.15) is 0 Å². The number of pyridine rings is 1. The molecule has 2 aromatic heterocycles. The summed E-state index contributed by atoms with van der Waals surface area (Å²) in [6, 6.07) is 3.72. The largest absolute Gasteiger partial charge is 0.235 e. The molecular weight excluding hydrogens is 186 g/mol. The van der Waals surface area contributed by atoms with Crippen LogP contribution in [0.4, 0.5) is 0 Å². The molecule has 4 heteroatoms. The normalized spacial score (nSPS) is 10.3. The summed E-state index contributed by atoms with van der Waals surface area (Å²) in [5, 5.41) is 4.73. The summed E-state index contributed by atoms with van der Waals surface area (Å²) in [6.45, 7) is 1.95. The Balaban J connectivity index is 2.53. The van der Waals surface area contributed by atoms with Crippen LogP contribution < -0.4 is 0 Å². The predicted octanol–water partition coefficient (Wildman–Crippen LogP) is 2.23. The number of aryl methyl sites for hydroxylation is 1. The predicted molar refractivity (Wildman–Crippen MR) is 51.1 cm³/mol. The lowest BCUT2D eigenvalue weighted by Crippen LogP contribution is -2.00. The second-order valence-electron chi connectivity index (χ2n) is 2.74. The molecule has 0 aromatic carbocycles. The molecule has 0 aliphatic heterocycles. The SMILES string of the molecule is Cc1cc(Cl)cnc1-n1cccn1. The van der Waals surface area contributed by atoms with Crippen molar-refractivity contribution in [2.75, 3.05) is 0 Å². The van der Waals surface area contributed by atoms with Crippen LogP contribution in [0.3, 0.4) is 0 Å². The van der Waals surface area contributed by atoms with Gasteiger partial charge < -0.3 is 0 Å². The van der Waals surface area contributed by atoms with Gasteiger partial charge in [-0.1, -0.05) is 11.6 Å². The maximum atomic E-state index is 5.79. The van der Waals surface area contributed by atoms with Gasteiger partial charge in [-0.05, 0) is 24.6 Å². The molecule has 0 bridgehead atoms. The summed E-state index contributed by atoms with van der Waals surface area (Å²) in [5.74, 6) is 0.814. The molecule has 0 saturated heterocycles. The van der Waals surface area contributed by atoms with Crippen molar-refractivity contribution in [1.29, 1.82) is 0 Å². The molecule has 0 fully saturated rings. The lowest BCUT2D eigenvalue weighted by atomic mass is 10.3. The molecule has 66 valence electrons. The summed E-state index contributed by atoms with van der Waals surface area (Å²) >= 11 is 5.79. The van der Waals surface area contributed by atoms with E-state index in [0.717, 1.165) is 11.4 Å². The maximum Gasteiger partial charge on any atom is 0.156 e. The minimum atomic E-state index is 0.647. The molecule has 0 unspecified atom stereocenters. The van der Waals surface area contributed by atoms with E-state index in [-0.39, 0.29) is 0 Å². The highest BCUT2D eigenvalue weighted by molar-refractivity contribution is 6.30. The highest BCUT2D eigenvalue weighted by Crippen LogP contribution is 2.14. The first-order valence-corrected chi connectivity index (χ1v) is 4.27. The van der Waals surface area contributed by atoms with Gasteiger partial charge in [-0.25, -0.2) is 9.67 Å². The highest BCUT2D eigenvalue weighted by atomic mass is 35.5. The third kappa shape index (κ3) is 1.55. The molecule has 0 saturated carbocycles. The molecule has 2 rings (SSSR count). The number of halogens is 1. The number of nitrogens with zero attached hydrogens (tertiary/aromatic N) is 3. The third-order valence-corrected chi connectivity index (χ3v) is 1.95. The molecule has 0 radical (unpaired) electrons. The molecule has 0 amide bonds. The van der Waals surface area contributed by atoms with Crippen LogP contribution in [0.5, 0.6) is 0 Å². The van der Waals surface area contributed by atoms with Gasteiger partial charge in [0.05, 0.1) is 5.02 Å². The van der Waals surface area contributed by atoms with E-state index < -0.39 is 0 Å². The Bertz CT molecular complexity index is 409. The van der Waals surface area contributed by atoms with Crippen molar-refractivity contribution in [2.24, 2.45) is 0 Å². The fourth-order valence-electron chi connectivity index (χ4n) is 1.17. The fourth-order valence-corrected chi connectivity index (χ4v) is 1.38. The van der Waals surface area contributed by atoms with E-state index in [1.165, 1.54) is 0 Å². The molecule has 13 heavy (non-hydrogen) atoms. The van der Waals surface area contributed by atoms with Crippen molar-refractivity contribution in [3.05, 3.63) is 41.3 Å². The quantitative estimate of drug-likeness (QED) is 0.696. The molecule has 0 aliphatic carbocycles. The Morgan fingerprint density at radius 2 is 2.31 bits per heavy atom. The van der Waals surface area contributed by atoms with Gasteiger partial charge in [-0.15, -0.1) is 0 Å². The number of hydrogen-bond acceptors (Lipinski definition) is 2. The number of hydrogen-bond donors (Lipinski definition) is 0. The van der Waals surface area contributed by atoms with E-state index in [0.29, 0.717) is 5.02 Å². The molecular formula is C9H8ClN3. The second-order valence-corrected chi connectivity index (χ2v) is 3.18. The summed E-state index contributed by atoms with van der Waals surface area (Å²) in [5.41, 5.74) is 1.01. The molecule has 0 N–H and O–H groups in total. The molecule has 0 atom stereocenters. The minimum Gasteiger partial charge on any atom is -0.235 e. The van der Waals surface area contributed by atoms with E-state index >= 15 is 0 Å². The van der Waals surface area contributed by atoms with Crippen molar-refractivity contribution in [3.63, 3.8) is 0 Å². The van der Waals surface area contributed by atoms with Crippen LogP contribution in [0.1, 0.15) is 5.56 Å². The molecule has 2 aromatic rings.